The Bertz CT molecular complexity index is 986. The second-order valence-corrected chi connectivity index (χ2v) is 7.91. The summed E-state index contributed by atoms with van der Waals surface area (Å²) >= 11 is 5.74. The van der Waals surface area contributed by atoms with Gasteiger partial charge in [0.05, 0.1) is 4.90 Å². The number of rotatable bonds is 6. The van der Waals surface area contributed by atoms with Crippen LogP contribution in [0.3, 0.4) is 0 Å². The van der Waals surface area contributed by atoms with E-state index in [9.17, 15) is 13.2 Å². The molecule has 9 heteroatoms. The first kappa shape index (κ1) is 18.1. The summed E-state index contributed by atoms with van der Waals surface area (Å²) in [6.45, 7) is 0.187. The van der Waals surface area contributed by atoms with Crippen molar-refractivity contribution in [3.8, 4) is 5.82 Å². The van der Waals surface area contributed by atoms with Gasteiger partial charge in [-0.15, -0.1) is 0 Å². The Morgan fingerprint density at radius 1 is 1.15 bits per heavy atom. The summed E-state index contributed by atoms with van der Waals surface area (Å²) in [5.41, 5.74) is 0.756. The molecule has 2 heterocycles. The first-order chi connectivity index (χ1) is 12.4. The average molecular weight is 391 g/mol. The largest absolute Gasteiger partial charge is 0.351 e. The van der Waals surface area contributed by atoms with Crippen LogP contribution < -0.4 is 5.32 Å². The van der Waals surface area contributed by atoms with E-state index in [0.717, 1.165) is 5.56 Å². The third-order valence-corrected chi connectivity index (χ3v) is 5.45. The van der Waals surface area contributed by atoms with Crippen LogP contribution in [0.25, 0.3) is 5.82 Å². The molecule has 2 aromatic heterocycles. The predicted molar refractivity (Wildman–Crippen MR) is 96.7 cm³/mol. The monoisotopic (exact) mass is 390 g/mol. The van der Waals surface area contributed by atoms with Crippen molar-refractivity contribution >= 4 is 27.3 Å². The Labute approximate surface area is 155 Å². The molecule has 0 saturated heterocycles. The van der Waals surface area contributed by atoms with Gasteiger partial charge in [-0.05, 0) is 35.9 Å². The molecule has 1 amide bonds. The van der Waals surface area contributed by atoms with Crippen LogP contribution in [0.15, 0.2) is 66.2 Å². The summed E-state index contributed by atoms with van der Waals surface area (Å²) in [5, 5.41) is 3.02. The fourth-order valence-electron chi connectivity index (χ4n) is 2.22. The number of halogens is 1. The van der Waals surface area contributed by atoms with Gasteiger partial charge in [0.1, 0.15) is 17.9 Å². The molecule has 0 atom stereocenters. The van der Waals surface area contributed by atoms with Gasteiger partial charge in [-0.3, -0.25) is 9.36 Å². The van der Waals surface area contributed by atoms with Crippen molar-refractivity contribution in [3.05, 3.63) is 71.9 Å². The summed E-state index contributed by atoms with van der Waals surface area (Å²) in [6, 6.07) is 9.29. The Kier molecular flexibility index (Phi) is 5.34. The van der Waals surface area contributed by atoms with Gasteiger partial charge in [-0.25, -0.2) is 18.4 Å². The van der Waals surface area contributed by atoms with Gasteiger partial charge >= 0.3 is 0 Å². The van der Waals surface area contributed by atoms with Gasteiger partial charge in [0.15, 0.2) is 9.84 Å². The molecule has 0 saturated carbocycles. The van der Waals surface area contributed by atoms with Crippen LogP contribution in [0, 0.1) is 0 Å². The van der Waals surface area contributed by atoms with Gasteiger partial charge in [-0.1, -0.05) is 17.7 Å². The Balaban J connectivity index is 1.57. The molecular formula is C17H15ClN4O3S. The molecule has 1 N–H and O–H groups in total. The fraction of sp³-hybridized carbons (Fsp3) is 0.118. The van der Waals surface area contributed by atoms with Crippen LogP contribution in [0.5, 0.6) is 0 Å². The van der Waals surface area contributed by atoms with Gasteiger partial charge in [0, 0.05) is 30.2 Å². The summed E-state index contributed by atoms with van der Waals surface area (Å²) in [7, 11) is -3.71. The van der Waals surface area contributed by atoms with Crippen LogP contribution in [-0.4, -0.2) is 34.6 Å². The van der Waals surface area contributed by atoms with E-state index in [4.69, 9.17) is 11.6 Å². The number of hydrogen-bond acceptors (Lipinski definition) is 5. The molecule has 3 aromatic rings. The lowest BCUT2D eigenvalue weighted by Crippen LogP contribution is -2.30. The van der Waals surface area contributed by atoms with Gasteiger partial charge in [0.25, 0.3) is 0 Å². The lowest BCUT2D eigenvalue weighted by Gasteiger charge is -2.07. The maximum absolute atomic E-state index is 12.2. The van der Waals surface area contributed by atoms with Crippen molar-refractivity contribution in [2.45, 2.75) is 11.4 Å². The molecule has 134 valence electrons. The zero-order valence-electron chi connectivity index (χ0n) is 13.5. The second-order valence-electron chi connectivity index (χ2n) is 5.48. The predicted octanol–water partition coefficient (Wildman–Crippen LogP) is 2.01. The lowest BCUT2D eigenvalue weighted by molar-refractivity contribution is -0.118. The fourth-order valence-corrected chi connectivity index (χ4v) is 3.51. The smallest absolute Gasteiger partial charge is 0.235 e. The van der Waals surface area contributed by atoms with E-state index in [0.29, 0.717) is 10.8 Å². The summed E-state index contributed by atoms with van der Waals surface area (Å²) in [6.07, 6.45) is 6.66. The number of sulfone groups is 1. The summed E-state index contributed by atoms with van der Waals surface area (Å²) in [5.74, 6) is -0.517. The molecular weight excluding hydrogens is 376 g/mol. The van der Waals surface area contributed by atoms with Crippen molar-refractivity contribution < 1.29 is 13.2 Å². The second kappa shape index (κ2) is 7.67. The number of carbonyl (C=O) groups is 1. The number of hydrogen-bond donors (Lipinski definition) is 1. The molecule has 0 aliphatic rings. The minimum atomic E-state index is -3.71. The van der Waals surface area contributed by atoms with E-state index in [1.807, 2.05) is 0 Å². The van der Waals surface area contributed by atoms with E-state index >= 15 is 0 Å². The number of amides is 1. The van der Waals surface area contributed by atoms with Gasteiger partial charge < -0.3 is 5.32 Å². The zero-order valence-corrected chi connectivity index (χ0v) is 15.1. The van der Waals surface area contributed by atoms with Crippen LogP contribution in [-0.2, 0) is 21.2 Å². The quantitative estimate of drug-likeness (QED) is 0.694. The molecule has 0 bridgehead atoms. The number of aromatic nitrogens is 3. The maximum Gasteiger partial charge on any atom is 0.235 e. The van der Waals surface area contributed by atoms with Crippen LogP contribution in [0.4, 0.5) is 0 Å². The van der Waals surface area contributed by atoms with Crippen LogP contribution in [0.1, 0.15) is 5.56 Å². The number of nitrogens with one attached hydrogen (secondary N) is 1. The number of pyridine rings is 1. The van der Waals surface area contributed by atoms with Gasteiger partial charge in [-0.2, -0.15) is 0 Å². The van der Waals surface area contributed by atoms with Crippen molar-refractivity contribution in [3.63, 3.8) is 0 Å². The molecule has 7 nitrogen and oxygen atoms in total. The number of benzene rings is 1. The first-order valence-electron chi connectivity index (χ1n) is 7.62. The maximum atomic E-state index is 12.2. The molecule has 1 aromatic carbocycles. The minimum Gasteiger partial charge on any atom is -0.351 e. The molecule has 0 aliphatic carbocycles. The van der Waals surface area contributed by atoms with E-state index in [2.05, 4.69) is 15.3 Å². The van der Waals surface area contributed by atoms with Gasteiger partial charge in [0.2, 0.25) is 5.91 Å². The molecule has 0 fully saturated rings. The van der Waals surface area contributed by atoms with E-state index in [-0.39, 0.29) is 11.4 Å². The Hall–Kier alpha value is -2.71. The molecule has 3 rings (SSSR count). The normalized spacial score (nSPS) is 11.3. The SMILES string of the molecule is O=C(CS(=O)(=O)c1ccc(Cl)cc1)NCc1ccc(-n2ccnc2)nc1. The summed E-state index contributed by atoms with van der Waals surface area (Å²) in [4.78, 5) is 20.3. The molecule has 0 unspecified atom stereocenters. The molecule has 0 spiro atoms. The lowest BCUT2D eigenvalue weighted by atomic mass is 10.3. The van der Waals surface area contributed by atoms with E-state index in [1.165, 1.54) is 24.3 Å². The molecule has 0 aliphatic heterocycles. The number of imidazole rings is 1. The van der Waals surface area contributed by atoms with E-state index < -0.39 is 21.5 Å². The Morgan fingerprint density at radius 2 is 1.92 bits per heavy atom. The highest BCUT2D eigenvalue weighted by Gasteiger charge is 2.19. The number of nitrogens with zero attached hydrogens (tertiary/aromatic N) is 3. The highest BCUT2D eigenvalue weighted by atomic mass is 35.5. The van der Waals surface area contributed by atoms with E-state index in [1.54, 1.807) is 41.6 Å². The highest BCUT2D eigenvalue weighted by Crippen LogP contribution is 2.15. The third-order valence-electron chi connectivity index (χ3n) is 3.56. The van der Waals surface area contributed by atoms with Crippen LogP contribution >= 0.6 is 11.6 Å². The molecule has 26 heavy (non-hydrogen) atoms. The Morgan fingerprint density at radius 3 is 2.54 bits per heavy atom. The van der Waals surface area contributed by atoms with Crippen LogP contribution in [0.2, 0.25) is 5.02 Å². The number of carbonyl (C=O) groups excluding carboxylic acids is 1. The topological polar surface area (TPSA) is 94.0 Å². The standard InChI is InChI=1S/C17H15ClN4O3S/c18-14-2-4-15(5-3-14)26(24,25)11-17(23)21-10-13-1-6-16(20-9-13)22-8-7-19-12-22/h1-9,12H,10-11H2,(H,21,23). The van der Waals surface area contributed by atoms with Crippen molar-refractivity contribution in [1.82, 2.24) is 19.9 Å². The summed E-state index contributed by atoms with van der Waals surface area (Å²) < 4.78 is 26.2. The zero-order chi connectivity index (χ0) is 18.6. The minimum absolute atomic E-state index is 0.0587. The average Bonchev–Trinajstić information content (AvgIpc) is 3.15. The highest BCUT2D eigenvalue weighted by molar-refractivity contribution is 7.92. The van der Waals surface area contributed by atoms with Crippen molar-refractivity contribution in [2.75, 3.05) is 5.75 Å². The third kappa shape index (κ3) is 4.47. The van der Waals surface area contributed by atoms with Crippen molar-refractivity contribution in [2.24, 2.45) is 0 Å². The molecule has 0 radical (unpaired) electrons. The first-order valence-corrected chi connectivity index (χ1v) is 9.65. The van der Waals surface area contributed by atoms with Crippen molar-refractivity contribution in [1.29, 1.82) is 0 Å².